The molecule has 0 radical (unpaired) electrons. The van der Waals surface area contributed by atoms with Crippen molar-refractivity contribution in [2.45, 2.75) is 6.92 Å². The second-order valence-corrected chi connectivity index (χ2v) is 6.25. The lowest BCUT2D eigenvalue weighted by Crippen LogP contribution is -2.09. The fraction of sp³-hybridized carbons (Fsp3) is 0.0667. The van der Waals surface area contributed by atoms with Crippen LogP contribution in [0.15, 0.2) is 53.9 Å². The monoisotopic (exact) mass is 307 g/mol. The van der Waals surface area contributed by atoms with Crippen molar-refractivity contribution < 1.29 is 8.42 Å². The van der Waals surface area contributed by atoms with Crippen molar-refractivity contribution in [1.82, 2.24) is 0 Å². The van der Waals surface area contributed by atoms with Crippen LogP contribution >= 0.6 is 11.6 Å². The van der Waals surface area contributed by atoms with Gasteiger partial charge in [-0.15, -0.1) is 0 Å². The predicted molar refractivity (Wildman–Crippen MR) is 84.2 cm³/mol. The zero-order valence-corrected chi connectivity index (χ0v) is 12.4. The quantitative estimate of drug-likeness (QED) is 0.926. The summed E-state index contributed by atoms with van der Waals surface area (Å²) >= 11 is 5.96. The summed E-state index contributed by atoms with van der Waals surface area (Å²) in [6.45, 7) is 1.76. The van der Waals surface area contributed by atoms with Gasteiger partial charge in [0, 0.05) is 5.02 Å². The molecule has 0 heterocycles. The maximum Gasteiger partial charge on any atom is 0.255 e. The van der Waals surface area contributed by atoms with E-state index in [0.29, 0.717) is 16.3 Å². The van der Waals surface area contributed by atoms with Crippen LogP contribution in [0.4, 0.5) is 5.69 Å². The Morgan fingerprint density at radius 2 is 1.75 bits per heavy atom. The van der Waals surface area contributed by atoms with E-state index in [1.165, 1.54) is 0 Å². The molecular formula is C15H14ClNO2S. The van der Waals surface area contributed by atoms with E-state index in [-0.39, 0.29) is 0 Å². The van der Waals surface area contributed by atoms with Crippen LogP contribution in [0.5, 0.6) is 0 Å². The molecule has 0 aliphatic heterocycles. The van der Waals surface area contributed by atoms with E-state index in [1.807, 2.05) is 30.3 Å². The van der Waals surface area contributed by atoms with E-state index >= 15 is 0 Å². The molecule has 104 valence electrons. The predicted octanol–water partition coefficient (Wildman–Crippen LogP) is 4.06. The minimum Gasteiger partial charge on any atom is -0.280 e. The SMILES string of the molecule is Cc1c(Cl)cccc1NS(=O)(=O)/C=C/c1ccccc1. The molecule has 20 heavy (non-hydrogen) atoms. The van der Waals surface area contributed by atoms with E-state index in [2.05, 4.69) is 4.72 Å². The third-order valence-corrected chi connectivity index (χ3v) is 4.17. The smallest absolute Gasteiger partial charge is 0.255 e. The van der Waals surface area contributed by atoms with Gasteiger partial charge in [-0.3, -0.25) is 4.72 Å². The van der Waals surface area contributed by atoms with Crippen LogP contribution in [0.25, 0.3) is 6.08 Å². The molecule has 0 amide bonds. The van der Waals surface area contributed by atoms with Gasteiger partial charge in [0.1, 0.15) is 0 Å². The Morgan fingerprint density at radius 1 is 1.05 bits per heavy atom. The number of sulfonamides is 1. The van der Waals surface area contributed by atoms with Crippen molar-refractivity contribution in [1.29, 1.82) is 0 Å². The van der Waals surface area contributed by atoms with Crippen molar-refractivity contribution in [2.24, 2.45) is 0 Å². The molecule has 0 atom stereocenters. The number of hydrogen-bond donors (Lipinski definition) is 1. The van der Waals surface area contributed by atoms with E-state index in [4.69, 9.17) is 11.6 Å². The van der Waals surface area contributed by atoms with Crippen LogP contribution in [0.1, 0.15) is 11.1 Å². The number of benzene rings is 2. The third kappa shape index (κ3) is 3.85. The van der Waals surface area contributed by atoms with Crippen molar-refractivity contribution in [2.75, 3.05) is 4.72 Å². The molecule has 2 aromatic rings. The van der Waals surface area contributed by atoms with E-state index in [0.717, 1.165) is 11.0 Å². The lowest BCUT2D eigenvalue weighted by Gasteiger charge is -2.08. The highest BCUT2D eigenvalue weighted by molar-refractivity contribution is 7.95. The lowest BCUT2D eigenvalue weighted by atomic mass is 10.2. The Morgan fingerprint density at radius 3 is 2.45 bits per heavy atom. The number of rotatable bonds is 4. The van der Waals surface area contributed by atoms with Gasteiger partial charge < -0.3 is 0 Å². The molecule has 1 N–H and O–H groups in total. The zero-order valence-electron chi connectivity index (χ0n) is 10.9. The molecule has 0 spiro atoms. The molecule has 2 rings (SSSR count). The summed E-state index contributed by atoms with van der Waals surface area (Å²) in [4.78, 5) is 0. The minimum atomic E-state index is -3.56. The van der Waals surface area contributed by atoms with E-state index in [1.54, 1.807) is 31.2 Å². The maximum atomic E-state index is 12.0. The van der Waals surface area contributed by atoms with E-state index in [9.17, 15) is 8.42 Å². The largest absolute Gasteiger partial charge is 0.280 e. The van der Waals surface area contributed by atoms with Crippen LogP contribution in [-0.2, 0) is 10.0 Å². The third-order valence-electron chi connectivity index (χ3n) is 2.76. The molecule has 0 aliphatic rings. The summed E-state index contributed by atoms with van der Waals surface area (Å²) in [5, 5.41) is 1.67. The highest BCUT2D eigenvalue weighted by Crippen LogP contribution is 2.24. The molecule has 0 bridgehead atoms. The Balaban J connectivity index is 2.20. The molecule has 0 saturated heterocycles. The fourth-order valence-electron chi connectivity index (χ4n) is 1.64. The van der Waals surface area contributed by atoms with Crippen LogP contribution < -0.4 is 4.72 Å². The number of halogens is 1. The van der Waals surface area contributed by atoms with Gasteiger partial charge in [0.15, 0.2) is 0 Å². The van der Waals surface area contributed by atoms with Crippen molar-refractivity contribution in [3.8, 4) is 0 Å². The van der Waals surface area contributed by atoms with Crippen LogP contribution in [0.2, 0.25) is 5.02 Å². The average Bonchev–Trinajstić information content (AvgIpc) is 2.43. The molecule has 2 aromatic carbocycles. The molecule has 0 fully saturated rings. The molecule has 3 nitrogen and oxygen atoms in total. The summed E-state index contributed by atoms with van der Waals surface area (Å²) < 4.78 is 26.5. The second-order valence-electron chi connectivity index (χ2n) is 4.27. The summed E-state index contributed by atoms with van der Waals surface area (Å²) in [7, 11) is -3.56. The zero-order chi connectivity index (χ0) is 14.6. The Hall–Kier alpha value is -1.78. The van der Waals surface area contributed by atoms with Crippen molar-refractivity contribution in [3.63, 3.8) is 0 Å². The minimum absolute atomic E-state index is 0.482. The van der Waals surface area contributed by atoms with Crippen LogP contribution in [-0.4, -0.2) is 8.42 Å². The van der Waals surface area contributed by atoms with Gasteiger partial charge in [-0.25, -0.2) is 8.42 Å². The standard InChI is InChI=1S/C15H14ClNO2S/c1-12-14(16)8-5-9-15(12)17-20(18,19)11-10-13-6-3-2-4-7-13/h2-11,17H,1H3/b11-10+. The van der Waals surface area contributed by atoms with Gasteiger partial charge in [0.2, 0.25) is 0 Å². The number of anilines is 1. The first kappa shape index (κ1) is 14.6. The fourth-order valence-corrected chi connectivity index (χ4v) is 2.74. The maximum absolute atomic E-state index is 12.0. The molecule has 0 saturated carbocycles. The van der Waals surface area contributed by atoms with Crippen molar-refractivity contribution in [3.05, 3.63) is 70.1 Å². The first-order chi connectivity index (χ1) is 9.48. The molecule has 0 aliphatic carbocycles. The molecular weight excluding hydrogens is 294 g/mol. The van der Waals surface area contributed by atoms with Crippen LogP contribution in [0, 0.1) is 6.92 Å². The van der Waals surface area contributed by atoms with Gasteiger partial charge in [-0.05, 0) is 36.3 Å². The van der Waals surface area contributed by atoms with Gasteiger partial charge in [0.05, 0.1) is 11.1 Å². The normalized spacial score (nSPS) is 11.7. The lowest BCUT2D eigenvalue weighted by molar-refractivity contribution is 0.609. The Bertz CT molecular complexity index is 725. The molecule has 0 aromatic heterocycles. The van der Waals surface area contributed by atoms with Gasteiger partial charge in [-0.2, -0.15) is 0 Å². The van der Waals surface area contributed by atoms with Gasteiger partial charge in [-0.1, -0.05) is 48.0 Å². The summed E-state index contributed by atoms with van der Waals surface area (Å²) in [6.07, 6.45) is 1.54. The second kappa shape index (κ2) is 6.11. The molecule has 5 heteroatoms. The Kier molecular flexibility index (Phi) is 4.47. The van der Waals surface area contributed by atoms with Crippen LogP contribution in [0.3, 0.4) is 0 Å². The summed E-state index contributed by atoms with van der Waals surface area (Å²) in [5.41, 5.74) is 2.00. The highest BCUT2D eigenvalue weighted by Gasteiger charge is 2.09. The number of hydrogen-bond acceptors (Lipinski definition) is 2. The summed E-state index contributed by atoms with van der Waals surface area (Å²) in [6, 6.07) is 14.3. The number of nitrogens with one attached hydrogen (secondary N) is 1. The topological polar surface area (TPSA) is 46.2 Å². The average molecular weight is 308 g/mol. The van der Waals surface area contributed by atoms with E-state index < -0.39 is 10.0 Å². The van der Waals surface area contributed by atoms with Gasteiger partial charge >= 0.3 is 0 Å². The summed E-state index contributed by atoms with van der Waals surface area (Å²) in [5.74, 6) is 0. The highest BCUT2D eigenvalue weighted by atomic mass is 35.5. The first-order valence-electron chi connectivity index (χ1n) is 5.99. The Labute approximate surface area is 124 Å². The van der Waals surface area contributed by atoms with Gasteiger partial charge in [0.25, 0.3) is 10.0 Å². The van der Waals surface area contributed by atoms with Crippen molar-refractivity contribution >= 4 is 33.4 Å². The first-order valence-corrected chi connectivity index (χ1v) is 7.91. The molecule has 0 unspecified atom stereocenters.